The summed E-state index contributed by atoms with van der Waals surface area (Å²) in [4.78, 5) is 27.0. The molecular formula is C29H36BN3O6. The largest absolute Gasteiger partial charge is 0.482 e. The maximum Gasteiger partial charge on any atom is 0.482 e. The van der Waals surface area contributed by atoms with Crippen LogP contribution in [0.2, 0.25) is 0 Å². The second-order valence-corrected chi connectivity index (χ2v) is 12.4. The van der Waals surface area contributed by atoms with Crippen LogP contribution < -0.4 is 5.32 Å². The number of furan rings is 1. The molecule has 7 rings (SSSR count). The van der Waals surface area contributed by atoms with E-state index in [4.69, 9.17) is 23.7 Å². The standard InChI is InChI=1S/C29H36BN3O6/c1-28(2)19-14-23(28)29(3)24(15-19)38-30(39-29)25(13-18-16-36-22-9-5-4-8-21(18)22)32-27(35)37-17-20-7-6-12-33(20)26(34)10-11-31/h4-5,8-9,16,19-20,23-25H,6-7,10,12-15,17H2,1-3H3,(H,32,35)/t19-,20+,23-,24+,25?,29-/m0/s1. The van der Waals surface area contributed by atoms with Gasteiger partial charge in [0.15, 0.2) is 0 Å². The van der Waals surface area contributed by atoms with Crippen molar-refractivity contribution in [3.05, 3.63) is 36.1 Å². The van der Waals surface area contributed by atoms with E-state index in [2.05, 4.69) is 26.1 Å². The summed E-state index contributed by atoms with van der Waals surface area (Å²) >= 11 is 0. The quantitative estimate of drug-likeness (QED) is 0.530. The summed E-state index contributed by atoms with van der Waals surface area (Å²) in [5.74, 6) is 0.301. The van der Waals surface area contributed by atoms with Crippen molar-refractivity contribution in [2.75, 3.05) is 13.2 Å². The minimum absolute atomic E-state index is 0.0149. The highest BCUT2D eigenvalue weighted by Crippen LogP contribution is 2.65. The van der Waals surface area contributed by atoms with Crippen LogP contribution in [0.15, 0.2) is 34.9 Å². The third kappa shape index (κ3) is 4.50. The van der Waals surface area contributed by atoms with Crippen LogP contribution in [-0.2, 0) is 25.3 Å². The zero-order valence-electron chi connectivity index (χ0n) is 22.9. The molecule has 1 unspecified atom stereocenters. The van der Waals surface area contributed by atoms with E-state index in [-0.39, 0.29) is 36.5 Å². The number of alkyl carbamates (subject to hydrolysis) is 1. The lowest BCUT2D eigenvalue weighted by Gasteiger charge is -2.64. The molecule has 39 heavy (non-hydrogen) atoms. The van der Waals surface area contributed by atoms with Gasteiger partial charge >= 0.3 is 13.2 Å². The van der Waals surface area contributed by atoms with Gasteiger partial charge in [-0.2, -0.15) is 5.26 Å². The van der Waals surface area contributed by atoms with E-state index in [9.17, 15) is 9.59 Å². The molecular weight excluding hydrogens is 497 g/mol. The molecule has 206 valence electrons. The van der Waals surface area contributed by atoms with E-state index in [0.717, 1.165) is 42.2 Å². The Hall–Kier alpha value is -3.03. The predicted octanol–water partition coefficient (Wildman–Crippen LogP) is 4.24. The Morgan fingerprint density at radius 1 is 1.28 bits per heavy atom. The smallest absolute Gasteiger partial charge is 0.464 e. The number of para-hydroxylation sites is 1. The van der Waals surface area contributed by atoms with Gasteiger partial charge in [0.1, 0.15) is 18.6 Å². The van der Waals surface area contributed by atoms with Crippen LogP contribution in [0.4, 0.5) is 4.79 Å². The molecule has 2 bridgehead atoms. The van der Waals surface area contributed by atoms with Crippen molar-refractivity contribution >= 4 is 30.1 Å². The molecule has 3 saturated carbocycles. The van der Waals surface area contributed by atoms with Crippen LogP contribution in [0.1, 0.15) is 58.4 Å². The molecule has 3 heterocycles. The maximum atomic E-state index is 13.1. The molecule has 2 aliphatic heterocycles. The molecule has 1 N–H and O–H groups in total. The van der Waals surface area contributed by atoms with Gasteiger partial charge in [0.25, 0.3) is 0 Å². The molecule has 9 nitrogen and oxygen atoms in total. The lowest BCUT2D eigenvalue weighted by Crippen LogP contribution is -2.65. The van der Waals surface area contributed by atoms with Crippen LogP contribution in [0, 0.1) is 28.6 Å². The monoisotopic (exact) mass is 533 g/mol. The Kier molecular flexibility index (Phi) is 6.63. The Balaban J connectivity index is 1.17. The molecule has 5 aliphatic rings. The number of likely N-dealkylation sites (tertiary alicyclic amines) is 1. The number of rotatable bonds is 7. The van der Waals surface area contributed by atoms with Crippen molar-refractivity contribution in [1.29, 1.82) is 5.26 Å². The van der Waals surface area contributed by atoms with Gasteiger partial charge in [-0.15, -0.1) is 0 Å². The first-order valence-corrected chi connectivity index (χ1v) is 14.1. The average molecular weight is 533 g/mol. The van der Waals surface area contributed by atoms with E-state index in [1.807, 2.05) is 30.3 Å². The Labute approximate surface area is 229 Å². The SMILES string of the molecule is CC1(C)[C@@H]2C[C@H]3OB(C(Cc4coc5ccccc45)NC(=O)OC[C@H]4CCCN4C(=O)CC#N)O[C@@]3(C)[C@H]1C2. The summed E-state index contributed by atoms with van der Waals surface area (Å²) in [5, 5.41) is 12.9. The second-order valence-electron chi connectivity index (χ2n) is 12.4. The lowest BCUT2D eigenvalue weighted by atomic mass is 9.43. The normalized spacial score (nSPS) is 31.3. The summed E-state index contributed by atoms with van der Waals surface area (Å²) in [5.41, 5.74) is 1.55. The second kappa shape index (κ2) is 9.86. The molecule has 0 spiro atoms. The molecule has 10 heteroatoms. The molecule has 2 amide bonds. The Bertz CT molecular complexity index is 1310. The summed E-state index contributed by atoms with van der Waals surface area (Å²) in [7, 11) is -0.628. The van der Waals surface area contributed by atoms with Crippen LogP contribution in [-0.4, -0.2) is 60.9 Å². The van der Waals surface area contributed by atoms with Gasteiger partial charge in [-0.3, -0.25) is 4.79 Å². The number of ether oxygens (including phenoxy) is 1. The van der Waals surface area contributed by atoms with Gasteiger partial charge in [-0.05, 0) is 67.9 Å². The number of carbonyl (C=O) groups excluding carboxylic acids is 2. The predicted molar refractivity (Wildman–Crippen MR) is 143 cm³/mol. The molecule has 1 aromatic heterocycles. The van der Waals surface area contributed by atoms with Gasteiger partial charge in [0.2, 0.25) is 5.91 Å². The molecule has 2 saturated heterocycles. The number of hydrogen-bond acceptors (Lipinski definition) is 7. The number of fused-ring (bicyclic) bond motifs is 1. The first kappa shape index (κ1) is 26.2. The number of benzene rings is 1. The fourth-order valence-electron chi connectivity index (χ4n) is 7.59. The van der Waals surface area contributed by atoms with Crippen LogP contribution in [0.25, 0.3) is 11.0 Å². The molecule has 3 aliphatic carbocycles. The van der Waals surface area contributed by atoms with Crippen molar-refractivity contribution in [2.24, 2.45) is 17.3 Å². The van der Waals surface area contributed by atoms with Gasteiger partial charge < -0.3 is 28.7 Å². The number of carbonyl (C=O) groups is 2. The average Bonchev–Trinajstić information content (AvgIpc) is 3.63. The fraction of sp³-hybridized carbons (Fsp3) is 0.621. The van der Waals surface area contributed by atoms with E-state index < -0.39 is 24.8 Å². The topological polar surface area (TPSA) is 114 Å². The van der Waals surface area contributed by atoms with Crippen LogP contribution in [0.5, 0.6) is 0 Å². The van der Waals surface area contributed by atoms with Crippen LogP contribution >= 0.6 is 0 Å². The van der Waals surface area contributed by atoms with Gasteiger partial charge in [-0.25, -0.2) is 4.79 Å². The minimum Gasteiger partial charge on any atom is -0.464 e. The van der Waals surface area contributed by atoms with E-state index in [0.29, 0.717) is 24.8 Å². The zero-order valence-corrected chi connectivity index (χ0v) is 22.9. The van der Waals surface area contributed by atoms with Crippen molar-refractivity contribution in [3.8, 4) is 6.07 Å². The number of nitrogens with one attached hydrogen (secondary N) is 1. The zero-order chi connectivity index (χ0) is 27.4. The third-order valence-electron chi connectivity index (χ3n) is 9.94. The van der Waals surface area contributed by atoms with Crippen molar-refractivity contribution in [3.63, 3.8) is 0 Å². The first-order valence-electron chi connectivity index (χ1n) is 14.1. The van der Waals surface area contributed by atoms with Gasteiger partial charge in [0, 0.05) is 11.9 Å². The summed E-state index contributed by atoms with van der Waals surface area (Å²) < 4.78 is 24.6. The molecule has 0 radical (unpaired) electrons. The number of hydrogen-bond donors (Lipinski definition) is 1. The summed E-state index contributed by atoms with van der Waals surface area (Å²) in [6.07, 6.45) is 5.08. The molecule has 5 fully saturated rings. The minimum atomic E-state index is -0.628. The number of amides is 2. The highest BCUT2D eigenvalue weighted by molar-refractivity contribution is 6.48. The summed E-state index contributed by atoms with van der Waals surface area (Å²) in [6, 6.07) is 9.51. The Morgan fingerprint density at radius 3 is 2.90 bits per heavy atom. The molecule has 2 aromatic rings. The fourth-order valence-corrected chi connectivity index (χ4v) is 7.59. The maximum absolute atomic E-state index is 13.1. The number of nitrogens with zero attached hydrogens (tertiary/aromatic N) is 2. The van der Waals surface area contributed by atoms with Crippen LogP contribution in [0.3, 0.4) is 0 Å². The lowest BCUT2D eigenvalue weighted by molar-refractivity contribution is -0.199. The first-order chi connectivity index (χ1) is 18.7. The van der Waals surface area contributed by atoms with Gasteiger partial charge in [-0.1, -0.05) is 32.0 Å². The van der Waals surface area contributed by atoms with E-state index >= 15 is 0 Å². The van der Waals surface area contributed by atoms with Crippen molar-refractivity contribution < 1.29 is 28.1 Å². The summed E-state index contributed by atoms with van der Waals surface area (Å²) in [6.45, 7) is 7.46. The molecule has 1 aromatic carbocycles. The molecule has 6 atom stereocenters. The van der Waals surface area contributed by atoms with Crippen molar-refractivity contribution in [2.45, 2.75) is 83.0 Å². The van der Waals surface area contributed by atoms with Gasteiger partial charge in [0.05, 0.1) is 36.0 Å². The Morgan fingerprint density at radius 2 is 2.10 bits per heavy atom. The van der Waals surface area contributed by atoms with Crippen molar-refractivity contribution in [1.82, 2.24) is 10.2 Å². The highest BCUT2D eigenvalue weighted by Gasteiger charge is 2.68. The van der Waals surface area contributed by atoms with E-state index in [1.165, 1.54) is 0 Å². The highest BCUT2D eigenvalue weighted by atomic mass is 16.7. The third-order valence-corrected chi connectivity index (χ3v) is 9.94. The number of nitriles is 1. The van der Waals surface area contributed by atoms with E-state index in [1.54, 1.807) is 11.2 Å².